The van der Waals surface area contributed by atoms with Crippen molar-refractivity contribution in [3.63, 3.8) is 0 Å². The van der Waals surface area contributed by atoms with E-state index in [1.54, 1.807) is 0 Å². The van der Waals surface area contributed by atoms with Crippen molar-refractivity contribution in [1.82, 2.24) is 9.88 Å². The molecule has 4 heteroatoms. The van der Waals surface area contributed by atoms with E-state index in [0.29, 0.717) is 5.41 Å². The van der Waals surface area contributed by atoms with Gasteiger partial charge in [0.15, 0.2) is 0 Å². The molecule has 1 aliphatic heterocycles. The van der Waals surface area contributed by atoms with Crippen LogP contribution < -0.4 is 11.3 Å². The number of nitrogen functional groups attached to an aromatic ring is 1. The first kappa shape index (κ1) is 15.3. The van der Waals surface area contributed by atoms with Crippen LogP contribution in [0.15, 0.2) is 18.3 Å². The number of nitrogens with two attached hydrogens (primary N) is 1. The maximum atomic E-state index is 5.34. The highest BCUT2D eigenvalue weighted by Crippen LogP contribution is 2.34. The Kier molecular flexibility index (Phi) is 5.00. The van der Waals surface area contributed by atoms with E-state index >= 15 is 0 Å². The van der Waals surface area contributed by atoms with Gasteiger partial charge in [0.2, 0.25) is 0 Å². The van der Waals surface area contributed by atoms with Gasteiger partial charge in [-0.05, 0) is 55.3 Å². The average Bonchev–Trinajstić information content (AvgIpc) is 2.65. The summed E-state index contributed by atoms with van der Waals surface area (Å²) < 4.78 is 0. The zero-order chi connectivity index (χ0) is 14.6. The number of likely N-dealkylation sites (tertiary alicyclic amines) is 1. The van der Waals surface area contributed by atoms with Gasteiger partial charge in [-0.15, -0.1) is 0 Å². The third-order valence-corrected chi connectivity index (χ3v) is 4.42. The largest absolute Gasteiger partial charge is 0.308 e. The molecule has 0 aliphatic carbocycles. The molecular formula is C16H28N4. The van der Waals surface area contributed by atoms with E-state index in [0.717, 1.165) is 18.3 Å². The fourth-order valence-electron chi connectivity index (χ4n) is 3.04. The predicted octanol–water partition coefficient (Wildman–Crippen LogP) is 3.02. The van der Waals surface area contributed by atoms with Gasteiger partial charge in [-0.2, -0.15) is 0 Å². The summed E-state index contributed by atoms with van der Waals surface area (Å²) in [6.07, 6.45) is 5.88. The van der Waals surface area contributed by atoms with Gasteiger partial charge in [-0.1, -0.05) is 26.8 Å². The lowest BCUT2D eigenvalue weighted by molar-refractivity contribution is 0.206. The second kappa shape index (κ2) is 6.55. The normalized spacial score (nSPS) is 21.5. The van der Waals surface area contributed by atoms with E-state index in [1.165, 1.54) is 37.9 Å². The van der Waals surface area contributed by atoms with Gasteiger partial charge in [-0.3, -0.25) is 4.90 Å². The Morgan fingerprint density at radius 3 is 2.70 bits per heavy atom. The van der Waals surface area contributed by atoms with E-state index in [-0.39, 0.29) is 0 Å². The number of hydrogen-bond donors (Lipinski definition) is 2. The molecule has 1 aliphatic rings. The molecule has 1 unspecified atom stereocenters. The SMILES string of the molecule is CC(C)(C)C1CCCN(Cc2ccc(NN)nc2)CC1. The molecule has 4 nitrogen and oxygen atoms in total. The Bertz CT molecular complexity index is 407. The smallest absolute Gasteiger partial charge is 0.139 e. The minimum absolute atomic E-state index is 0.437. The fraction of sp³-hybridized carbons (Fsp3) is 0.688. The Morgan fingerprint density at radius 2 is 2.10 bits per heavy atom. The van der Waals surface area contributed by atoms with Gasteiger partial charge < -0.3 is 5.43 Å². The summed E-state index contributed by atoms with van der Waals surface area (Å²) in [7, 11) is 0. The molecule has 0 aromatic carbocycles. The van der Waals surface area contributed by atoms with Gasteiger partial charge in [0, 0.05) is 12.7 Å². The van der Waals surface area contributed by atoms with Crippen molar-refractivity contribution in [3.05, 3.63) is 23.9 Å². The summed E-state index contributed by atoms with van der Waals surface area (Å²) >= 11 is 0. The monoisotopic (exact) mass is 276 g/mol. The van der Waals surface area contributed by atoms with Gasteiger partial charge in [0.05, 0.1) is 0 Å². The lowest BCUT2D eigenvalue weighted by Gasteiger charge is -2.29. The van der Waals surface area contributed by atoms with Crippen LogP contribution >= 0.6 is 0 Å². The second-order valence-corrected chi connectivity index (χ2v) is 6.97. The van der Waals surface area contributed by atoms with Crippen LogP contribution in [0.3, 0.4) is 0 Å². The van der Waals surface area contributed by atoms with Crippen molar-refractivity contribution in [3.8, 4) is 0 Å². The quantitative estimate of drug-likeness (QED) is 0.658. The molecule has 0 saturated carbocycles. The Morgan fingerprint density at radius 1 is 1.30 bits per heavy atom. The second-order valence-electron chi connectivity index (χ2n) is 6.97. The Hall–Kier alpha value is -1.13. The molecule has 2 heterocycles. The highest BCUT2D eigenvalue weighted by molar-refractivity contribution is 5.33. The highest BCUT2D eigenvalue weighted by Gasteiger charge is 2.26. The van der Waals surface area contributed by atoms with Crippen molar-refractivity contribution in [1.29, 1.82) is 0 Å². The van der Waals surface area contributed by atoms with Crippen molar-refractivity contribution in [2.75, 3.05) is 18.5 Å². The Balaban J connectivity index is 1.90. The van der Waals surface area contributed by atoms with E-state index in [1.807, 2.05) is 12.3 Å². The minimum atomic E-state index is 0.437. The highest BCUT2D eigenvalue weighted by atomic mass is 15.2. The fourth-order valence-corrected chi connectivity index (χ4v) is 3.04. The molecule has 0 radical (unpaired) electrons. The molecule has 1 aromatic rings. The third-order valence-electron chi connectivity index (χ3n) is 4.42. The molecule has 1 fully saturated rings. The third kappa shape index (κ3) is 4.18. The molecule has 0 bridgehead atoms. The van der Waals surface area contributed by atoms with Gasteiger partial charge in [0.25, 0.3) is 0 Å². The summed E-state index contributed by atoms with van der Waals surface area (Å²) in [6, 6.07) is 4.04. The number of anilines is 1. The number of aromatic nitrogens is 1. The molecule has 0 spiro atoms. The van der Waals surface area contributed by atoms with Crippen LogP contribution in [0.25, 0.3) is 0 Å². The summed E-state index contributed by atoms with van der Waals surface area (Å²) in [6.45, 7) is 10.5. The molecule has 1 saturated heterocycles. The van der Waals surface area contributed by atoms with E-state index < -0.39 is 0 Å². The first-order valence-electron chi connectivity index (χ1n) is 7.63. The van der Waals surface area contributed by atoms with Crippen LogP contribution in [0, 0.1) is 11.3 Å². The number of hydrazine groups is 1. The van der Waals surface area contributed by atoms with E-state index in [9.17, 15) is 0 Å². The molecule has 2 rings (SSSR count). The molecule has 0 amide bonds. The van der Waals surface area contributed by atoms with Gasteiger partial charge in [-0.25, -0.2) is 10.8 Å². The number of hydrogen-bond acceptors (Lipinski definition) is 4. The zero-order valence-corrected chi connectivity index (χ0v) is 13.0. The van der Waals surface area contributed by atoms with Gasteiger partial charge in [0.1, 0.15) is 5.82 Å². The maximum absolute atomic E-state index is 5.34. The van der Waals surface area contributed by atoms with Crippen molar-refractivity contribution < 1.29 is 0 Å². The lowest BCUT2D eigenvalue weighted by atomic mass is 9.77. The van der Waals surface area contributed by atoms with Crippen molar-refractivity contribution >= 4 is 5.82 Å². The molecule has 3 N–H and O–H groups in total. The first-order chi connectivity index (χ1) is 9.49. The average molecular weight is 276 g/mol. The topological polar surface area (TPSA) is 54.2 Å². The van der Waals surface area contributed by atoms with Crippen LogP contribution in [0.5, 0.6) is 0 Å². The first-order valence-corrected chi connectivity index (χ1v) is 7.63. The van der Waals surface area contributed by atoms with Crippen LogP contribution in [-0.2, 0) is 6.54 Å². The van der Waals surface area contributed by atoms with Crippen molar-refractivity contribution in [2.24, 2.45) is 17.2 Å². The van der Waals surface area contributed by atoms with Crippen LogP contribution in [0.2, 0.25) is 0 Å². The van der Waals surface area contributed by atoms with E-state index in [2.05, 4.69) is 42.1 Å². The molecule has 112 valence electrons. The molecule has 20 heavy (non-hydrogen) atoms. The van der Waals surface area contributed by atoms with Crippen molar-refractivity contribution in [2.45, 2.75) is 46.6 Å². The minimum Gasteiger partial charge on any atom is -0.308 e. The number of rotatable bonds is 3. The Labute approximate surface area is 122 Å². The molecular weight excluding hydrogens is 248 g/mol. The number of nitrogens with zero attached hydrogens (tertiary/aromatic N) is 2. The number of nitrogens with one attached hydrogen (secondary N) is 1. The predicted molar refractivity (Wildman–Crippen MR) is 84.1 cm³/mol. The van der Waals surface area contributed by atoms with Crippen LogP contribution in [0.4, 0.5) is 5.82 Å². The van der Waals surface area contributed by atoms with Crippen LogP contribution in [-0.4, -0.2) is 23.0 Å². The number of pyridine rings is 1. The van der Waals surface area contributed by atoms with Gasteiger partial charge >= 0.3 is 0 Å². The molecule has 1 atom stereocenters. The molecule has 1 aromatic heterocycles. The maximum Gasteiger partial charge on any atom is 0.139 e. The van der Waals surface area contributed by atoms with Crippen LogP contribution in [0.1, 0.15) is 45.6 Å². The van der Waals surface area contributed by atoms with E-state index in [4.69, 9.17) is 5.84 Å². The summed E-state index contributed by atoms with van der Waals surface area (Å²) in [5.41, 5.74) is 4.26. The zero-order valence-electron chi connectivity index (χ0n) is 13.0. The lowest BCUT2D eigenvalue weighted by Crippen LogP contribution is -2.26. The summed E-state index contributed by atoms with van der Waals surface area (Å²) in [5.74, 6) is 6.90. The summed E-state index contributed by atoms with van der Waals surface area (Å²) in [4.78, 5) is 6.83. The summed E-state index contributed by atoms with van der Waals surface area (Å²) in [5, 5.41) is 0. The standard InChI is InChI=1S/C16H28N4/c1-16(2,3)14-5-4-9-20(10-8-14)12-13-6-7-15(19-17)18-11-13/h6-7,11,14H,4-5,8-10,12,17H2,1-3H3,(H,18,19).